The predicted molar refractivity (Wildman–Crippen MR) is 70.2 cm³/mol. The van der Waals surface area contributed by atoms with Crippen LogP contribution in [0.1, 0.15) is 25.7 Å². The largest absolute Gasteiger partial charge is 0.550 e. The van der Waals surface area contributed by atoms with Gasteiger partial charge in [0, 0.05) is 18.8 Å². The van der Waals surface area contributed by atoms with Crippen molar-refractivity contribution in [1.29, 1.82) is 0 Å². The van der Waals surface area contributed by atoms with Gasteiger partial charge in [-0.2, -0.15) is 12.6 Å². The van der Waals surface area contributed by atoms with E-state index in [1.807, 2.05) is 0 Å². The molecule has 0 saturated carbocycles. The number of nitrogens with zero attached hydrogens (tertiary/aromatic N) is 1. The molecular formula is C12H23NO4S. The minimum Gasteiger partial charge on any atom is -0.550 e. The van der Waals surface area contributed by atoms with E-state index >= 15 is 0 Å². The number of carbonyl (C=O) groups excluding carboxylic acids is 2. The third-order valence-electron chi connectivity index (χ3n) is 2.50. The number of thiol groups is 1. The molecular weight excluding hydrogens is 254 g/mol. The Labute approximate surface area is 114 Å². The summed E-state index contributed by atoms with van der Waals surface area (Å²) in [7, 11) is 5.38. The van der Waals surface area contributed by atoms with E-state index in [2.05, 4.69) is 12.6 Å². The van der Waals surface area contributed by atoms with E-state index in [1.165, 1.54) is 0 Å². The van der Waals surface area contributed by atoms with Crippen LogP contribution in [0.3, 0.4) is 0 Å². The maximum Gasteiger partial charge on any atom is 0.177 e. The summed E-state index contributed by atoms with van der Waals surface area (Å²) >= 11 is 4.04. The highest BCUT2D eigenvalue weighted by atomic mass is 32.1. The van der Waals surface area contributed by atoms with Crippen molar-refractivity contribution >= 4 is 24.4 Å². The lowest BCUT2D eigenvalue weighted by atomic mass is 9.90. The van der Waals surface area contributed by atoms with Crippen molar-refractivity contribution < 1.29 is 24.3 Å². The predicted octanol–water partition coefficient (Wildman–Crippen LogP) is -0.767. The summed E-state index contributed by atoms with van der Waals surface area (Å²) in [4.78, 5) is 22.7. The monoisotopic (exact) mass is 277 g/mol. The molecule has 1 N–H and O–H groups in total. The number of carboxylic acids is 1. The number of aliphatic carboxylic acids is 1. The number of rotatable bonds is 9. The van der Waals surface area contributed by atoms with Gasteiger partial charge >= 0.3 is 0 Å². The van der Waals surface area contributed by atoms with Gasteiger partial charge in [0.2, 0.25) is 0 Å². The molecule has 0 rings (SSSR count). The maximum absolute atomic E-state index is 12.0. The zero-order valence-corrected chi connectivity index (χ0v) is 12.2. The van der Waals surface area contributed by atoms with Crippen molar-refractivity contribution in [3.05, 3.63) is 0 Å². The van der Waals surface area contributed by atoms with Gasteiger partial charge in [-0.05, 0) is 18.6 Å². The van der Waals surface area contributed by atoms with Gasteiger partial charge in [0.25, 0.3) is 0 Å². The first-order chi connectivity index (χ1) is 8.10. The first-order valence-corrected chi connectivity index (χ1v) is 6.61. The zero-order chi connectivity index (χ0) is 14.4. The molecule has 0 amide bonds. The van der Waals surface area contributed by atoms with Crippen molar-refractivity contribution in [3.8, 4) is 0 Å². The van der Waals surface area contributed by atoms with Gasteiger partial charge in [-0.15, -0.1) is 0 Å². The smallest absolute Gasteiger partial charge is 0.177 e. The van der Waals surface area contributed by atoms with E-state index in [0.717, 1.165) is 6.42 Å². The number of Topliss-reactive ketones (excluding diaryl/α,β-unsaturated/α-hetero) is 1. The summed E-state index contributed by atoms with van der Waals surface area (Å²) in [5.41, 5.74) is -1.84. The number of carboxylic acid groups (broad SMARTS) is 1. The summed E-state index contributed by atoms with van der Waals surface area (Å²) in [5, 5.41) is 21.0. The van der Waals surface area contributed by atoms with Gasteiger partial charge in [-0.25, -0.2) is 0 Å². The lowest BCUT2D eigenvalue weighted by Crippen LogP contribution is -2.56. The van der Waals surface area contributed by atoms with E-state index in [9.17, 15) is 19.8 Å². The van der Waals surface area contributed by atoms with E-state index in [0.29, 0.717) is 16.7 Å². The average molecular weight is 277 g/mol. The summed E-state index contributed by atoms with van der Waals surface area (Å²) in [6.45, 7) is 0.0562. The number of hydrogen-bond donors (Lipinski definition) is 2. The fraction of sp³-hybridized carbons (Fsp3) is 0.833. The second-order valence-electron chi connectivity index (χ2n) is 5.63. The molecule has 1 atom stereocenters. The van der Waals surface area contributed by atoms with E-state index in [1.54, 1.807) is 21.1 Å². The molecule has 1 unspecified atom stereocenters. The average Bonchev–Trinajstić information content (AvgIpc) is 2.13. The minimum atomic E-state index is -1.84. The van der Waals surface area contributed by atoms with Crippen LogP contribution in [0.15, 0.2) is 0 Å². The molecule has 0 aliphatic carbocycles. The van der Waals surface area contributed by atoms with Gasteiger partial charge in [-0.1, -0.05) is 0 Å². The molecule has 0 spiro atoms. The Balaban J connectivity index is 4.74. The summed E-state index contributed by atoms with van der Waals surface area (Å²) in [6.07, 6.45) is 0.891. The van der Waals surface area contributed by atoms with Crippen LogP contribution in [0.25, 0.3) is 0 Å². The number of carbonyl (C=O) groups is 2. The second-order valence-corrected chi connectivity index (χ2v) is 6.08. The van der Waals surface area contributed by atoms with Crippen molar-refractivity contribution in [2.75, 3.05) is 33.4 Å². The highest BCUT2D eigenvalue weighted by Crippen LogP contribution is 2.18. The van der Waals surface area contributed by atoms with Crippen LogP contribution in [0.5, 0.6) is 0 Å². The Bertz CT molecular complexity index is 301. The van der Waals surface area contributed by atoms with Crippen LogP contribution in [-0.4, -0.2) is 60.4 Å². The van der Waals surface area contributed by atoms with Gasteiger partial charge in [0.15, 0.2) is 11.4 Å². The molecule has 18 heavy (non-hydrogen) atoms. The molecule has 0 radical (unpaired) electrons. The SMILES string of the molecule is C[N+](C)(C)CC(O)(CC(=O)[O-])C(=O)CCCCS. The van der Waals surface area contributed by atoms with E-state index < -0.39 is 23.8 Å². The van der Waals surface area contributed by atoms with Gasteiger partial charge < -0.3 is 19.5 Å². The van der Waals surface area contributed by atoms with Crippen LogP contribution >= 0.6 is 12.6 Å². The Hall–Kier alpha value is -0.590. The zero-order valence-electron chi connectivity index (χ0n) is 11.3. The van der Waals surface area contributed by atoms with Crippen molar-refractivity contribution in [2.45, 2.75) is 31.3 Å². The molecule has 6 heteroatoms. The molecule has 5 nitrogen and oxygen atoms in total. The van der Waals surface area contributed by atoms with Crippen LogP contribution < -0.4 is 5.11 Å². The minimum absolute atomic E-state index is 0.0562. The lowest BCUT2D eigenvalue weighted by Gasteiger charge is -2.34. The van der Waals surface area contributed by atoms with Crippen LogP contribution in [0, 0.1) is 0 Å². The Morgan fingerprint density at radius 2 is 1.83 bits per heavy atom. The van der Waals surface area contributed by atoms with E-state index in [4.69, 9.17) is 0 Å². The maximum atomic E-state index is 12.0. The normalized spacial score (nSPS) is 15.2. The third kappa shape index (κ3) is 6.98. The molecule has 106 valence electrons. The Morgan fingerprint density at radius 3 is 2.22 bits per heavy atom. The third-order valence-corrected chi connectivity index (χ3v) is 2.82. The van der Waals surface area contributed by atoms with E-state index in [-0.39, 0.29) is 13.0 Å². The van der Waals surface area contributed by atoms with Gasteiger partial charge in [-0.3, -0.25) is 4.79 Å². The highest BCUT2D eigenvalue weighted by molar-refractivity contribution is 7.80. The molecule has 0 heterocycles. The molecule has 0 aliphatic heterocycles. The lowest BCUT2D eigenvalue weighted by molar-refractivity contribution is -0.875. The van der Waals surface area contributed by atoms with Gasteiger partial charge in [0.05, 0.1) is 21.1 Å². The number of hydrogen-bond acceptors (Lipinski definition) is 5. The Kier molecular flexibility index (Phi) is 6.88. The van der Waals surface area contributed by atoms with Crippen LogP contribution in [0.2, 0.25) is 0 Å². The fourth-order valence-corrected chi connectivity index (χ4v) is 2.12. The second kappa shape index (κ2) is 7.11. The highest BCUT2D eigenvalue weighted by Gasteiger charge is 2.40. The molecule has 0 aromatic rings. The fourth-order valence-electron chi connectivity index (χ4n) is 1.90. The number of aliphatic hydroxyl groups is 1. The first kappa shape index (κ1) is 17.4. The molecule has 0 fully saturated rings. The summed E-state index contributed by atoms with van der Waals surface area (Å²) in [6, 6.07) is 0. The van der Waals surface area contributed by atoms with Crippen molar-refractivity contribution in [1.82, 2.24) is 0 Å². The Morgan fingerprint density at radius 1 is 1.28 bits per heavy atom. The quantitative estimate of drug-likeness (QED) is 0.330. The topological polar surface area (TPSA) is 77.4 Å². The molecule has 0 aliphatic rings. The van der Waals surface area contributed by atoms with Crippen LogP contribution in [0.4, 0.5) is 0 Å². The van der Waals surface area contributed by atoms with Crippen LogP contribution in [-0.2, 0) is 9.59 Å². The number of unbranched alkanes of at least 4 members (excludes halogenated alkanes) is 1. The van der Waals surface area contributed by atoms with Crippen molar-refractivity contribution in [2.24, 2.45) is 0 Å². The van der Waals surface area contributed by atoms with Gasteiger partial charge in [0.1, 0.15) is 6.54 Å². The molecule has 0 aromatic heterocycles. The number of ketones is 1. The number of likely N-dealkylation sites (N-methyl/N-ethyl adjacent to an activating group) is 1. The molecule has 0 saturated heterocycles. The molecule has 0 aromatic carbocycles. The summed E-state index contributed by atoms with van der Waals surface area (Å²) < 4.78 is 0.308. The van der Waals surface area contributed by atoms with Crippen molar-refractivity contribution in [3.63, 3.8) is 0 Å². The summed E-state index contributed by atoms with van der Waals surface area (Å²) in [5.74, 6) is -1.17. The number of quaternary nitrogens is 1. The first-order valence-electron chi connectivity index (χ1n) is 5.97. The molecule has 0 bridgehead atoms. The standard InChI is InChI=1S/C12H23NO4S/c1-13(2,3)9-12(17,8-11(15)16)10(14)6-4-5-7-18/h17H,4-9H2,1-3H3,(H-,15,16,18).